The molecule has 8 heteroatoms. The van der Waals surface area contributed by atoms with Crippen molar-refractivity contribution in [3.63, 3.8) is 0 Å². The van der Waals surface area contributed by atoms with Crippen LogP contribution >= 0.6 is 0 Å². The number of benzene rings is 1. The minimum absolute atomic E-state index is 0.0357. The van der Waals surface area contributed by atoms with Gasteiger partial charge in [0.1, 0.15) is 6.73 Å². The summed E-state index contributed by atoms with van der Waals surface area (Å²) in [5.74, 6) is 0.813. The molecule has 0 unspecified atom stereocenters. The highest BCUT2D eigenvalue weighted by Crippen LogP contribution is 2.24. The molecule has 0 bridgehead atoms. The highest BCUT2D eigenvalue weighted by molar-refractivity contribution is 5.78. The van der Waals surface area contributed by atoms with Crippen molar-refractivity contribution in [3.05, 3.63) is 36.2 Å². The van der Waals surface area contributed by atoms with Gasteiger partial charge in [-0.25, -0.2) is 4.98 Å². The van der Waals surface area contributed by atoms with Gasteiger partial charge in [-0.1, -0.05) is 25.5 Å². The zero-order chi connectivity index (χ0) is 19.1. The van der Waals surface area contributed by atoms with E-state index in [9.17, 15) is 0 Å². The number of hydrogen-bond acceptors (Lipinski definition) is 7. The van der Waals surface area contributed by atoms with Crippen LogP contribution < -0.4 is 10.1 Å². The summed E-state index contributed by atoms with van der Waals surface area (Å²) < 4.78 is 12.5. The highest BCUT2D eigenvalue weighted by atomic mass is 16.5. The first-order valence-corrected chi connectivity index (χ1v) is 9.06. The van der Waals surface area contributed by atoms with Crippen molar-refractivity contribution in [3.8, 4) is 5.88 Å². The van der Waals surface area contributed by atoms with Crippen LogP contribution in [0.15, 0.2) is 30.6 Å². The second-order valence-corrected chi connectivity index (χ2v) is 6.13. The summed E-state index contributed by atoms with van der Waals surface area (Å²) >= 11 is 0. The van der Waals surface area contributed by atoms with Gasteiger partial charge < -0.3 is 19.9 Å². The molecule has 0 atom stereocenters. The normalized spacial score (nSPS) is 11.1. The Kier molecular flexibility index (Phi) is 6.56. The van der Waals surface area contributed by atoms with Gasteiger partial charge in [-0.3, -0.25) is 4.57 Å². The molecule has 0 radical (unpaired) electrons. The standard InChI is InChI=1S/C19H25N5O3/c1-3-4-5-14-6-8-15(9-7-14)21-19-22-17-16(18(23-19)26-2)20-12-24(17)13-27-11-10-25/h6-9,12,25H,3-5,10-11,13H2,1-2H3,(H,21,22,23). The number of nitrogens with zero attached hydrogens (tertiary/aromatic N) is 4. The fourth-order valence-electron chi connectivity index (χ4n) is 2.70. The molecule has 0 saturated carbocycles. The third-order valence-electron chi connectivity index (χ3n) is 4.12. The van der Waals surface area contributed by atoms with E-state index in [1.165, 1.54) is 18.4 Å². The Morgan fingerprint density at radius 3 is 2.70 bits per heavy atom. The number of ether oxygens (including phenoxy) is 2. The van der Waals surface area contributed by atoms with Crippen LogP contribution in [0.3, 0.4) is 0 Å². The number of imidazole rings is 1. The van der Waals surface area contributed by atoms with Gasteiger partial charge >= 0.3 is 0 Å². The number of methoxy groups -OCH3 is 1. The van der Waals surface area contributed by atoms with Crippen molar-refractivity contribution < 1.29 is 14.6 Å². The van der Waals surface area contributed by atoms with E-state index < -0.39 is 0 Å². The SMILES string of the molecule is CCCCc1ccc(Nc2nc(OC)c3ncn(COCCO)c3n2)cc1. The lowest BCUT2D eigenvalue weighted by atomic mass is 10.1. The predicted molar refractivity (Wildman–Crippen MR) is 103 cm³/mol. The van der Waals surface area contributed by atoms with E-state index >= 15 is 0 Å². The minimum atomic E-state index is -0.0357. The number of aryl methyl sites for hydroxylation is 1. The van der Waals surface area contributed by atoms with Crippen LogP contribution in [0.4, 0.5) is 11.6 Å². The number of anilines is 2. The zero-order valence-corrected chi connectivity index (χ0v) is 15.7. The predicted octanol–water partition coefficient (Wildman–Crippen LogP) is 2.89. The van der Waals surface area contributed by atoms with Gasteiger partial charge in [0.25, 0.3) is 0 Å². The van der Waals surface area contributed by atoms with Crippen LogP contribution in [0.5, 0.6) is 5.88 Å². The fraction of sp³-hybridized carbons (Fsp3) is 0.421. The number of aliphatic hydroxyl groups is 1. The van der Waals surface area contributed by atoms with E-state index in [1.54, 1.807) is 18.0 Å². The fourth-order valence-corrected chi connectivity index (χ4v) is 2.70. The van der Waals surface area contributed by atoms with E-state index in [4.69, 9.17) is 14.6 Å². The van der Waals surface area contributed by atoms with Gasteiger partial charge in [-0.05, 0) is 30.5 Å². The molecule has 0 fully saturated rings. The Bertz CT molecular complexity index is 864. The molecule has 8 nitrogen and oxygen atoms in total. The van der Waals surface area contributed by atoms with E-state index in [-0.39, 0.29) is 19.9 Å². The van der Waals surface area contributed by atoms with Gasteiger partial charge in [-0.2, -0.15) is 9.97 Å². The van der Waals surface area contributed by atoms with Gasteiger partial charge in [0, 0.05) is 5.69 Å². The topological polar surface area (TPSA) is 94.3 Å². The lowest BCUT2D eigenvalue weighted by molar-refractivity contribution is 0.0499. The summed E-state index contributed by atoms with van der Waals surface area (Å²) in [6.45, 7) is 2.64. The minimum Gasteiger partial charge on any atom is -0.479 e. The van der Waals surface area contributed by atoms with E-state index in [1.807, 2.05) is 12.1 Å². The first-order chi connectivity index (χ1) is 13.2. The van der Waals surface area contributed by atoms with E-state index in [2.05, 4.69) is 39.3 Å². The number of hydrogen-bond donors (Lipinski definition) is 2. The average Bonchev–Trinajstić information content (AvgIpc) is 3.10. The summed E-state index contributed by atoms with van der Waals surface area (Å²) in [4.78, 5) is 13.2. The Morgan fingerprint density at radius 1 is 1.19 bits per heavy atom. The van der Waals surface area contributed by atoms with Gasteiger partial charge in [0.05, 0.1) is 26.7 Å². The molecular formula is C19H25N5O3. The van der Waals surface area contributed by atoms with Gasteiger partial charge in [0.2, 0.25) is 11.8 Å². The Labute approximate surface area is 158 Å². The summed E-state index contributed by atoms with van der Waals surface area (Å²) in [6.07, 6.45) is 5.07. The maximum atomic E-state index is 8.86. The summed E-state index contributed by atoms with van der Waals surface area (Å²) in [6, 6.07) is 8.26. The first kappa shape index (κ1) is 19.1. The summed E-state index contributed by atoms with van der Waals surface area (Å²) in [5, 5.41) is 12.1. The Hall–Kier alpha value is -2.71. The molecule has 0 amide bonds. The Balaban J connectivity index is 1.82. The van der Waals surface area contributed by atoms with E-state index in [0.717, 1.165) is 12.1 Å². The monoisotopic (exact) mass is 371 g/mol. The van der Waals surface area contributed by atoms with Crippen molar-refractivity contribution in [1.82, 2.24) is 19.5 Å². The summed E-state index contributed by atoms with van der Waals surface area (Å²) in [5.41, 5.74) is 3.38. The number of unbranched alkanes of at least 4 members (excludes halogenated alkanes) is 1. The highest BCUT2D eigenvalue weighted by Gasteiger charge is 2.14. The van der Waals surface area contributed by atoms with Crippen molar-refractivity contribution in [2.45, 2.75) is 32.9 Å². The maximum Gasteiger partial charge on any atom is 0.246 e. The molecule has 1 aromatic carbocycles. The van der Waals surface area contributed by atoms with Crippen molar-refractivity contribution >= 4 is 22.8 Å². The van der Waals surface area contributed by atoms with Crippen LogP contribution in [0.25, 0.3) is 11.2 Å². The lowest BCUT2D eigenvalue weighted by Crippen LogP contribution is -2.07. The summed E-state index contributed by atoms with van der Waals surface area (Å²) in [7, 11) is 1.55. The van der Waals surface area contributed by atoms with Crippen LogP contribution in [-0.4, -0.2) is 44.9 Å². The Morgan fingerprint density at radius 2 is 2.00 bits per heavy atom. The molecule has 2 heterocycles. The van der Waals surface area contributed by atoms with Crippen molar-refractivity contribution in [2.75, 3.05) is 25.6 Å². The number of aromatic nitrogens is 4. The molecule has 2 aromatic heterocycles. The van der Waals surface area contributed by atoms with Crippen LogP contribution in [0.1, 0.15) is 25.3 Å². The number of fused-ring (bicyclic) bond motifs is 1. The molecule has 3 aromatic rings. The average molecular weight is 371 g/mol. The molecule has 3 rings (SSSR count). The maximum absolute atomic E-state index is 8.86. The van der Waals surface area contributed by atoms with Crippen LogP contribution in [0, 0.1) is 0 Å². The number of nitrogens with one attached hydrogen (secondary N) is 1. The lowest BCUT2D eigenvalue weighted by Gasteiger charge is -2.09. The van der Waals surface area contributed by atoms with Crippen LogP contribution in [0.2, 0.25) is 0 Å². The molecule has 0 aliphatic rings. The second kappa shape index (κ2) is 9.29. The molecule has 0 saturated heterocycles. The third-order valence-corrected chi connectivity index (χ3v) is 4.12. The van der Waals surface area contributed by atoms with Crippen molar-refractivity contribution in [1.29, 1.82) is 0 Å². The smallest absolute Gasteiger partial charge is 0.246 e. The number of aliphatic hydroxyl groups excluding tert-OH is 1. The number of rotatable bonds is 10. The molecule has 144 valence electrons. The molecule has 0 aliphatic carbocycles. The molecule has 0 spiro atoms. The van der Waals surface area contributed by atoms with Gasteiger partial charge in [-0.15, -0.1) is 0 Å². The van der Waals surface area contributed by atoms with E-state index in [0.29, 0.717) is 23.0 Å². The van der Waals surface area contributed by atoms with Crippen LogP contribution in [-0.2, 0) is 17.9 Å². The first-order valence-electron chi connectivity index (χ1n) is 9.06. The van der Waals surface area contributed by atoms with Crippen molar-refractivity contribution in [2.24, 2.45) is 0 Å². The molecular weight excluding hydrogens is 346 g/mol. The largest absolute Gasteiger partial charge is 0.479 e. The molecule has 27 heavy (non-hydrogen) atoms. The quantitative estimate of drug-likeness (QED) is 0.529. The third kappa shape index (κ3) is 4.72. The zero-order valence-electron chi connectivity index (χ0n) is 15.7. The molecule has 2 N–H and O–H groups in total. The molecule has 0 aliphatic heterocycles. The second-order valence-electron chi connectivity index (χ2n) is 6.13. The van der Waals surface area contributed by atoms with Gasteiger partial charge in [0.15, 0.2) is 11.2 Å².